The summed E-state index contributed by atoms with van der Waals surface area (Å²) >= 11 is 0. The molecule has 116 valence electrons. The Balaban J connectivity index is 2.01. The molecule has 0 aliphatic heterocycles. The fourth-order valence-electron chi connectivity index (χ4n) is 2.80. The molecule has 1 heterocycles. The van der Waals surface area contributed by atoms with Crippen LogP contribution in [-0.2, 0) is 11.3 Å². The minimum atomic E-state index is -0.217. The van der Waals surface area contributed by atoms with Gasteiger partial charge in [-0.2, -0.15) is 0 Å². The largest absolute Gasteiger partial charge is 0.369 e. The van der Waals surface area contributed by atoms with E-state index in [0.717, 1.165) is 25.7 Å². The zero-order valence-corrected chi connectivity index (χ0v) is 12.7. The van der Waals surface area contributed by atoms with Gasteiger partial charge < -0.3 is 15.6 Å². The molecule has 0 radical (unpaired) electrons. The molecule has 1 fully saturated rings. The van der Waals surface area contributed by atoms with Crippen molar-refractivity contribution in [1.29, 1.82) is 0 Å². The molecule has 0 aromatic carbocycles. The molecule has 1 aromatic heterocycles. The van der Waals surface area contributed by atoms with Crippen molar-refractivity contribution in [2.24, 2.45) is 17.6 Å². The molecule has 1 amide bonds. The first-order chi connectivity index (χ1) is 9.97. The molecule has 2 rings (SSSR count). The van der Waals surface area contributed by atoms with Gasteiger partial charge in [0, 0.05) is 30.9 Å². The number of amides is 1. The van der Waals surface area contributed by atoms with Gasteiger partial charge in [-0.1, -0.05) is 13.8 Å². The molecule has 1 aromatic rings. The molecule has 6 nitrogen and oxygen atoms in total. The minimum absolute atomic E-state index is 0.0237. The van der Waals surface area contributed by atoms with Crippen LogP contribution >= 0.6 is 0 Å². The van der Waals surface area contributed by atoms with E-state index in [1.165, 1.54) is 0 Å². The Morgan fingerprint density at radius 2 is 2.10 bits per heavy atom. The summed E-state index contributed by atoms with van der Waals surface area (Å²) in [5, 5.41) is 3.23. The van der Waals surface area contributed by atoms with Gasteiger partial charge in [-0.25, -0.2) is 4.98 Å². The van der Waals surface area contributed by atoms with Crippen LogP contribution in [0, 0.1) is 11.8 Å². The number of nitrogens with one attached hydrogen (secondary N) is 1. The Labute approximate surface area is 124 Å². The van der Waals surface area contributed by atoms with Crippen LogP contribution in [0.3, 0.4) is 0 Å². The van der Waals surface area contributed by atoms with Crippen LogP contribution < -0.4 is 16.6 Å². The summed E-state index contributed by atoms with van der Waals surface area (Å²) in [5.41, 5.74) is 5.25. The van der Waals surface area contributed by atoms with Crippen molar-refractivity contribution in [3.8, 4) is 0 Å². The lowest BCUT2D eigenvalue weighted by molar-refractivity contribution is -0.122. The summed E-state index contributed by atoms with van der Waals surface area (Å²) < 4.78 is 1.69. The van der Waals surface area contributed by atoms with Gasteiger partial charge in [0.1, 0.15) is 0 Å². The monoisotopic (exact) mass is 292 g/mol. The van der Waals surface area contributed by atoms with Crippen molar-refractivity contribution in [2.75, 3.05) is 5.32 Å². The maximum atomic E-state index is 12.3. The van der Waals surface area contributed by atoms with Gasteiger partial charge in [-0.3, -0.25) is 9.59 Å². The Morgan fingerprint density at radius 3 is 2.67 bits per heavy atom. The van der Waals surface area contributed by atoms with E-state index in [1.54, 1.807) is 17.0 Å². The average Bonchev–Trinajstić information content (AvgIpc) is 2.43. The van der Waals surface area contributed by atoms with Gasteiger partial charge in [-0.15, -0.1) is 0 Å². The molecule has 0 spiro atoms. The molecule has 21 heavy (non-hydrogen) atoms. The van der Waals surface area contributed by atoms with Crippen molar-refractivity contribution in [3.05, 3.63) is 22.7 Å². The third-order valence-corrected chi connectivity index (χ3v) is 3.95. The zero-order valence-electron chi connectivity index (χ0n) is 12.7. The van der Waals surface area contributed by atoms with Crippen molar-refractivity contribution >= 4 is 11.7 Å². The summed E-state index contributed by atoms with van der Waals surface area (Å²) in [6, 6.07) is 0.190. The molecule has 0 unspecified atom stereocenters. The van der Waals surface area contributed by atoms with Crippen molar-refractivity contribution in [1.82, 2.24) is 9.55 Å². The summed E-state index contributed by atoms with van der Waals surface area (Å²) in [5.74, 6) is 0.569. The van der Waals surface area contributed by atoms with E-state index in [9.17, 15) is 9.59 Å². The Kier molecular flexibility index (Phi) is 4.98. The van der Waals surface area contributed by atoms with E-state index in [4.69, 9.17) is 5.73 Å². The fourth-order valence-corrected chi connectivity index (χ4v) is 2.80. The summed E-state index contributed by atoms with van der Waals surface area (Å²) in [7, 11) is 0. The molecular weight excluding hydrogens is 268 g/mol. The van der Waals surface area contributed by atoms with Crippen LogP contribution in [0.2, 0.25) is 0 Å². The highest BCUT2D eigenvalue weighted by Gasteiger charge is 2.25. The third-order valence-electron chi connectivity index (χ3n) is 3.95. The number of carbonyl (C=O) groups excluding carboxylic acids is 1. The number of anilines is 1. The molecule has 1 aliphatic rings. The topological polar surface area (TPSA) is 90.0 Å². The van der Waals surface area contributed by atoms with Crippen LogP contribution in [0.5, 0.6) is 0 Å². The van der Waals surface area contributed by atoms with Gasteiger partial charge in [0.05, 0.1) is 0 Å². The first-order valence-electron chi connectivity index (χ1n) is 7.58. The molecule has 0 atom stereocenters. The SMILES string of the molecule is CC(C)Cn1ccnc(NC2CCC(C(N)=O)CC2)c1=O. The van der Waals surface area contributed by atoms with Gasteiger partial charge in [0.15, 0.2) is 5.82 Å². The Bertz CT molecular complexity index is 545. The number of rotatable bonds is 5. The maximum Gasteiger partial charge on any atom is 0.293 e. The average molecular weight is 292 g/mol. The van der Waals surface area contributed by atoms with E-state index in [1.807, 2.05) is 0 Å². The molecule has 1 saturated carbocycles. The van der Waals surface area contributed by atoms with E-state index < -0.39 is 0 Å². The van der Waals surface area contributed by atoms with E-state index >= 15 is 0 Å². The summed E-state index contributed by atoms with van der Waals surface area (Å²) in [4.78, 5) is 27.6. The lowest BCUT2D eigenvalue weighted by atomic mass is 9.85. The molecular formula is C15H24N4O2. The molecule has 0 bridgehead atoms. The van der Waals surface area contributed by atoms with Crippen molar-refractivity contribution < 1.29 is 4.79 Å². The van der Waals surface area contributed by atoms with Crippen LogP contribution in [0.4, 0.5) is 5.82 Å². The van der Waals surface area contributed by atoms with Crippen molar-refractivity contribution in [2.45, 2.75) is 52.1 Å². The van der Waals surface area contributed by atoms with Crippen molar-refractivity contribution in [3.63, 3.8) is 0 Å². The van der Waals surface area contributed by atoms with Gasteiger partial charge in [0.2, 0.25) is 5.91 Å². The number of hydrogen-bond acceptors (Lipinski definition) is 4. The van der Waals surface area contributed by atoms with Gasteiger partial charge in [-0.05, 0) is 31.6 Å². The van der Waals surface area contributed by atoms with Crippen LogP contribution in [-0.4, -0.2) is 21.5 Å². The number of nitrogens with zero attached hydrogens (tertiary/aromatic N) is 2. The molecule has 0 saturated heterocycles. The Morgan fingerprint density at radius 1 is 1.43 bits per heavy atom. The van der Waals surface area contributed by atoms with E-state index in [2.05, 4.69) is 24.1 Å². The first kappa shape index (κ1) is 15.5. The number of nitrogens with two attached hydrogens (primary N) is 1. The molecule has 6 heteroatoms. The lowest BCUT2D eigenvalue weighted by Gasteiger charge is -2.27. The highest BCUT2D eigenvalue weighted by atomic mass is 16.1. The first-order valence-corrected chi connectivity index (χ1v) is 7.58. The van der Waals surface area contributed by atoms with E-state index in [-0.39, 0.29) is 23.4 Å². The number of carbonyl (C=O) groups is 1. The predicted octanol–water partition coefficient (Wildman–Crippen LogP) is 1.36. The molecule has 1 aliphatic carbocycles. The van der Waals surface area contributed by atoms with Gasteiger partial charge in [0.25, 0.3) is 5.56 Å². The number of hydrogen-bond donors (Lipinski definition) is 2. The van der Waals surface area contributed by atoms with E-state index in [0.29, 0.717) is 18.3 Å². The van der Waals surface area contributed by atoms with Crippen LogP contribution in [0.25, 0.3) is 0 Å². The normalized spacial score (nSPS) is 22.2. The standard InChI is InChI=1S/C15H24N4O2/c1-10(2)9-19-8-7-17-14(15(19)21)18-12-5-3-11(4-6-12)13(16)20/h7-8,10-12H,3-6,9H2,1-2H3,(H2,16,20)(H,17,18). The second-order valence-electron chi connectivity index (χ2n) is 6.22. The Hall–Kier alpha value is -1.85. The number of primary amides is 1. The predicted molar refractivity (Wildman–Crippen MR) is 81.9 cm³/mol. The van der Waals surface area contributed by atoms with Gasteiger partial charge >= 0.3 is 0 Å². The highest BCUT2D eigenvalue weighted by Crippen LogP contribution is 2.25. The fraction of sp³-hybridized carbons (Fsp3) is 0.667. The smallest absolute Gasteiger partial charge is 0.293 e. The molecule has 3 N–H and O–H groups in total. The lowest BCUT2D eigenvalue weighted by Crippen LogP contribution is -2.35. The maximum absolute atomic E-state index is 12.3. The van der Waals surface area contributed by atoms with Crippen LogP contribution in [0.15, 0.2) is 17.2 Å². The minimum Gasteiger partial charge on any atom is -0.369 e. The quantitative estimate of drug-likeness (QED) is 0.857. The van der Waals surface area contributed by atoms with Crippen LogP contribution in [0.1, 0.15) is 39.5 Å². The number of aromatic nitrogens is 2. The highest BCUT2D eigenvalue weighted by molar-refractivity contribution is 5.76. The second-order valence-corrected chi connectivity index (χ2v) is 6.22. The summed E-state index contributed by atoms with van der Waals surface area (Å²) in [6.07, 6.45) is 6.61. The zero-order chi connectivity index (χ0) is 15.4. The third kappa shape index (κ3) is 4.06. The summed E-state index contributed by atoms with van der Waals surface area (Å²) in [6.45, 7) is 4.83. The second kappa shape index (κ2) is 6.74.